The second kappa shape index (κ2) is 11.0. The van der Waals surface area contributed by atoms with E-state index in [1.807, 2.05) is 0 Å². The summed E-state index contributed by atoms with van der Waals surface area (Å²) >= 11 is 5.92. The summed E-state index contributed by atoms with van der Waals surface area (Å²) in [6.45, 7) is 2.20. The first-order valence-electron chi connectivity index (χ1n) is 10.6. The average molecular weight is 427 g/mol. The Labute approximate surface area is 181 Å². The quantitative estimate of drug-likeness (QED) is 0.196. The highest BCUT2D eigenvalue weighted by molar-refractivity contribution is 6.30. The number of carbonyl (C=O) groups is 1. The molecule has 0 fully saturated rings. The Kier molecular flexibility index (Phi) is 8.09. The standard InChI is InChI=1S/C25H27ClO4/c1-2-3-4-5-6-7-8-9-24(27)30-20-14-15-21-23(16-20)29-17-22(25(21)28)18-10-12-19(26)13-11-18/h10-17H,2-9H2,1H3. The lowest BCUT2D eigenvalue weighted by Crippen LogP contribution is -2.08. The number of fused-ring (bicyclic) bond motifs is 1. The van der Waals surface area contributed by atoms with Gasteiger partial charge in [0.15, 0.2) is 5.43 Å². The Morgan fingerprint density at radius 3 is 2.40 bits per heavy atom. The summed E-state index contributed by atoms with van der Waals surface area (Å²) in [4.78, 5) is 24.9. The molecule has 3 aromatic rings. The van der Waals surface area contributed by atoms with E-state index in [9.17, 15) is 9.59 Å². The molecule has 4 nitrogen and oxygen atoms in total. The Hall–Kier alpha value is -2.59. The number of benzene rings is 2. The largest absolute Gasteiger partial charge is 0.463 e. The minimum atomic E-state index is -0.261. The lowest BCUT2D eigenvalue weighted by Gasteiger charge is -2.07. The molecule has 5 heteroatoms. The first-order valence-corrected chi connectivity index (χ1v) is 11.0. The highest BCUT2D eigenvalue weighted by atomic mass is 35.5. The summed E-state index contributed by atoms with van der Waals surface area (Å²) < 4.78 is 11.1. The van der Waals surface area contributed by atoms with Gasteiger partial charge in [-0.25, -0.2) is 0 Å². The van der Waals surface area contributed by atoms with Crippen molar-refractivity contribution in [1.82, 2.24) is 0 Å². The Morgan fingerprint density at radius 2 is 1.67 bits per heavy atom. The van der Waals surface area contributed by atoms with Crippen LogP contribution in [0.25, 0.3) is 22.1 Å². The van der Waals surface area contributed by atoms with E-state index >= 15 is 0 Å². The van der Waals surface area contributed by atoms with Gasteiger partial charge in [-0.3, -0.25) is 9.59 Å². The van der Waals surface area contributed by atoms with Gasteiger partial charge in [0.25, 0.3) is 0 Å². The summed E-state index contributed by atoms with van der Waals surface area (Å²) in [5.74, 6) is 0.126. The van der Waals surface area contributed by atoms with Crippen LogP contribution < -0.4 is 10.2 Å². The predicted octanol–water partition coefficient (Wildman–Crippen LogP) is 7.16. The smallest absolute Gasteiger partial charge is 0.311 e. The van der Waals surface area contributed by atoms with E-state index in [2.05, 4.69) is 6.92 Å². The summed E-state index contributed by atoms with van der Waals surface area (Å²) in [6.07, 6.45) is 9.86. The van der Waals surface area contributed by atoms with Crippen molar-refractivity contribution in [3.63, 3.8) is 0 Å². The minimum absolute atomic E-state index is 0.139. The molecule has 1 aromatic heterocycles. The third-order valence-electron chi connectivity index (χ3n) is 5.12. The number of rotatable bonds is 10. The van der Waals surface area contributed by atoms with Gasteiger partial charge in [0.1, 0.15) is 17.6 Å². The number of hydrogen-bond donors (Lipinski definition) is 0. The molecule has 0 unspecified atom stereocenters. The van der Waals surface area contributed by atoms with E-state index < -0.39 is 0 Å². The molecule has 0 saturated carbocycles. The second-order valence-electron chi connectivity index (χ2n) is 7.49. The molecule has 30 heavy (non-hydrogen) atoms. The van der Waals surface area contributed by atoms with Crippen molar-refractivity contribution in [3.8, 4) is 16.9 Å². The van der Waals surface area contributed by atoms with Gasteiger partial charge in [0.05, 0.1) is 10.9 Å². The van der Waals surface area contributed by atoms with Crippen molar-refractivity contribution in [1.29, 1.82) is 0 Å². The summed E-state index contributed by atoms with van der Waals surface area (Å²) in [5.41, 5.74) is 1.45. The van der Waals surface area contributed by atoms with Crippen LogP contribution in [0.15, 0.2) is 57.9 Å². The molecule has 3 rings (SSSR count). The molecule has 0 bridgehead atoms. The van der Waals surface area contributed by atoms with Crippen molar-refractivity contribution >= 4 is 28.5 Å². The van der Waals surface area contributed by atoms with Crippen LogP contribution in [0, 0.1) is 0 Å². The van der Waals surface area contributed by atoms with E-state index in [1.54, 1.807) is 42.5 Å². The zero-order valence-electron chi connectivity index (χ0n) is 17.3. The van der Waals surface area contributed by atoms with E-state index in [1.165, 1.54) is 31.9 Å². The van der Waals surface area contributed by atoms with E-state index in [-0.39, 0.29) is 11.4 Å². The Bertz CT molecular complexity index is 1040. The maximum atomic E-state index is 12.8. The Balaban J connectivity index is 1.60. The van der Waals surface area contributed by atoms with Gasteiger partial charge < -0.3 is 9.15 Å². The molecule has 0 amide bonds. The van der Waals surface area contributed by atoms with Gasteiger partial charge >= 0.3 is 5.97 Å². The topological polar surface area (TPSA) is 56.5 Å². The number of esters is 1. The fourth-order valence-corrected chi connectivity index (χ4v) is 3.54. The molecule has 0 aliphatic heterocycles. The van der Waals surface area contributed by atoms with Crippen LogP contribution in [-0.4, -0.2) is 5.97 Å². The van der Waals surface area contributed by atoms with Gasteiger partial charge in [-0.1, -0.05) is 69.2 Å². The van der Waals surface area contributed by atoms with Crippen LogP contribution in [0.1, 0.15) is 58.3 Å². The van der Waals surface area contributed by atoms with Crippen molar-refractivity contribution in [2.75, 3.05) is 0 Å². The third kappa shape index (κ3) is 5.96. The molecule has 2 aromatic carbocycles. The molecule has 0 aliphatic rings. The van der Waals surface area contributed by atoms with Crippen LogP contribution in [0.5, 0.6) is 5.75 Å². The molecule has 0 spiro atoms. The van der Waals surface area contributed by atoms with Gasteiger partial charge in [0.2, 0.25) is 0 Å². The van der Waals surface area contributed by atoms with Crippen molar-refractivity contribution < 1.29 is 13.9 Å². The molecular formula is C25H27ClO4. The fraction of sp³-hybridized carbons (Fsp3) is 0.360. The van der Waals surface area contributed by atoms with E-state index in [4.69, 9.17) is 20.8 Å². The highest BCUT2D eigenvalue weighted by Gasteiger charge is 2.12. The number of hydrogen-bond acceptors (Lipinski definition) is 4. The minimum Gasteiger partial charge on any atom is -0.463 e. The summed E-state index contributed by atoms with van der Waals surface area (Å²) in [7, 11) is 0. The highest BCUT2D eigenvalue weighted by Crippen LogP contribution is 2.24. The first-order chi connectivity index (χ1) is 14.6. The Morgan fingerprint density at radius 1 is 0.967 bits per heavy atom. The second-order valence-corrected chi connectivity index (χ2v) is 7.93. The fourth-order valence-electron chi connectivity index (χ4n) is 3.41. The SMILES string of the molecule is CCCCCCCCCC(=O)Oc1ccc2c(=O)c(-c3ccc(Cl)cc3)coc2c1. The van der Waals surface area contributed by atoms with Crippen LogP contribution >= 0.6 is 11.6 Å². The van der Waals surface area contributed by atoms with Crippen LogP contribution in [-0.2, 0) is 4.79 Å². The zero-order chi connectivity index (χ0) is 21.3. The van der Waals surface area contributed by atoms with Gasteiger partial charge in [-0.15, -0.1) is 0 Å². The number of unbranched alkanes of at least 4 members (excludes halogenated alkanes) is 6. The summed E-state index contributed by atoms with van der Waals surface area (Å²) in [6, 6.07) is 11.9. The van der Waals surface area contributed by atoms with Crippen LogP contribution in [0.2, 0.25) is 5.02 Å². The molecule has 1 heterocycles. The molecule has 0 aliphatic carbocycles. The van der Waals surface area contributed by atoms with Crippen LogP contribution in [0.3, 0.4) is 0 Å². The summed E-state index contributed by atoms with van der Waals surface area (Å²) in [5, 5.41) is 1.04. The first kappa shape index (κ1) is 22.1. The van der Waals surface area contributed by atoms with Crippen molar-refractivity contribution in [3.05, 3.63) is 64.0 Å². The maximum absolute atomic E-state index is 12.8. The number of carbonyl (C=O) groups excluding carboxylic acids is 1. The predicted molar refractivity (Wildman–Crippen MR) is 121 cm³/mol. The van der Waals surface area contributed by atoms with Gasteiger partial charge in [-0.2, -0.15) is 0 Å². The van der Waals surface area contributed by atoms with Crippen LogP contribution in [0.4, 0.5) is 0 Å². The molecule has 0 atom stereocenters. The molecule has 0 radical (unpaired) electrons. The van der Waals surface area contributed by atoms with E-state index in [0.29, 0.717) is 33.7 Å². The molecule has 0 saturated heterocycles. The van der Waals surface area contributed by atoms with Gasteiger partial charge in [-0.05, 0) is 36.2 Å². The number of halogens is 1. The lowest BCUT2D eigenvalue weighted by molar-refractivity contribution is -0.134. The average Bonchev–Trinajstić information content (AvgIpc) is 2.74. The molecular weight excluding hydrogens is 400 g/mol. The zero-order valence-corrected chi connectivity index (χ0v) is 18.0. The molecule has 158 valence electrons. The normalized spacial score (nSPS) is 11.0. The van der Waals surface area contributed by atoms with Gasteiger partial charge in [0, 0.05) is 17.5 Å². The van der Waals surface area contributed by atoms with E-state index in [0.717, 1.165) is 24.8 Å². The van der Waals surface area contributed by atoms with Crippen molar-refractivity contribution in [2.45, 2.75) is 58.3 Å². The third-order valence-corrected chi connectivity index (χ3v) is 5.37. The lowest BCUT2D eigenvalue weighted by atomic mass is 10.1. The van der Waals surface area contributed by atoms with Crippen molar-refractivity contribution in [2.24, 2.45) is 0 Å². The number of ether oxygens (including phenoxy) is 1. The maximum Gasteiger partial charge on any atom is 0.311 e. The monoisotopic (exact) mass is 426 g/mol. The molecule has 0 N–H and O–H groups in total.